The second-order valence-electron chi connectivity index (χ2n) is 4.14. The highest BCUT2D eigenvalue weighted by Crippen LogP contribution is 2.25. The van der Waals surface area contributed by atoms with Gasteiger partial charge in [-0.2, -0.15) is 5.10 Å². The molecular formula is C13H14N4S. The molecule has 0 radical (unpaired) electrons. The van der Waals surface area contributed by atoms with E-state index in [0.717, 1.165) is 29.3 Å². The van der Waals surface area contributed by atoms with Gasteiger partial charge in [-0.05, 0) is 18.2 Å². The number of benzene rings is 1. The number of fused-ring (bicyclic) bond motifs is 1. The molecule has 0 aliphatic carbocycles. The van der Waals surface area contributed by atoms with E-state index >= 15 is 0 Å². The number of aromatic nitrogens is 3. The van der Waals surface area contributed by atoms with Gasteiger partial charge >= 0.3 is 0 Å². The lowest BCUT2D eigenvalue weighted by atomic mass is 10.3. The Labute approximate surface area is 109 Å². The molecule has 0 saturated carbocycles. The summed E-state index contributed by atoms with van der Waals surface area (Å²) in [5.41, 5.74) is 2.16. The van der Waals surface area contributed by atoms with Crippen molar-refractivity contribution in [1.29, 1.82) is 0 Å². The van der Waals surface area contributed by atoms with Crippen LogP contribution in [-0.2, 0) is 13.5 Å². The molecule has 1 N–H and O–H groups in total. The zero-order valence-electron chi connectivity index (χ0n) is 10.1. The monoisotopic (exact) mass is 258 g/mol. The van der Waals surface area contributed by atoms with E-state index in [4.69, 9.17) is 0 Å². The van der Waals surface area contributed by atoms with Gasteiger partial charge in [-0.15, -0.1) is 0 Å². The van der Waals surface area contributed by atoms with E-state index in [1.54, 1.807) is 11.3 Å². The lowest BCUT2D eigenvalue weighted by molar-refractivity contribution is 0.742. The maximum Gasteiger partial charge on any atom is 0.183 e. The first kappa shape index (κ1) is 11.2. The lowest BCUT2D eigenvalue weighted by Crippen LogP contribution is -2.05. The van der Waals surface area contributed by atoms with E-state index < -0.39 is 0 Å². The number of thiazole rings is 1. The normalized spacial score (nSPS) is 10.9. The number of nitrogens with one attached hydrogen (secondary N) is 1. The SMILES string of the molecule is Cn1ccc(CCNc2nc3ccccc3s2)n1. The molecule has 0 fully saturated rings. The molecule has 5 heteroatoms. The minimum absolute atomic E-state index is 0.858. The van der Waals surface area contributed by atoms with Crippen molar-refractivity contribution < 1.29 is 0 Å². The second-order valence-corrected chi connectivity index (χ2v) is 5.17. The molecule has 2 aromatic heterocycles. The molecule has 0 spiro atoms. The van der Waals surface area contributed by atoms with Crippen LogP contribution >= 0.6 is 11.3 Å². The highest BCUT2D eigenvalue weighted by molar-refractivity contribution is 7.22. The molecule has 0 aliphatic heterocycles. The molecule has 3 aromatic rings. The summed E-state index contributed by atoms with van der Waals surface area (Å²) in [7, 11) is 1.93. The van der Waals surface area contributed by atoms with E-state index in [-0.39, 0.29) is 0 Å². The van der Waals surface area contributed by atoms with Gasteiger partial charge in [0.2, 0.25) is 0 Å². The van der Waals surface area contributed by atoms with Crippen molar-refractivity contribution in [2.45, 2.75) is 6.42 Å². The van der Waals surface area contributed by atoms with Crippen LogP contribution in [-0.4, -0.2) is 21.3 Å². The summed E-state index contributed by atoms with van der Waals surface area (Å²) >= 11 is 1.69. The molecule has 0 amide bonds. The first-order valence-electron chi connectivity index (χ1n) is 5.89. The molecule has 92 valence electrons. The molecule has 2 heterocycles. The Balaban J connectivity index is 1.62. The molecule has 3 rings (SSSR count). The molecule has 4 nitrogen and oxygen atoms in total. The number of para-hydroxylation sites is 1. The van der Waals surface area contributed by atoms with Gasteiger partial charge in [-0.25, -0.2) is 4.98 Å². The van der Waals surface area contributed by atoms with Crippen molar-refractivity contribution in [3.05, 3.63) is 42.2 Å². The summed E-state index contributed by atoms with van der Waals surface area (Å²) in [5.74, 6) is 0. The minimum atomic E-state index is 0.858. The standard InChI is InChI=1S/C13H14N4S/c1-17-9-7-10(16-17)6-8-14-13-15-11-4-2-3-5-12(11)18-13/h2-5,7,9H,6,8H2,1H3,(H,14,15). The Bertz CT molecular complexity index is 623. The third-order valence-electron chi connectivity index (χ3n) is 2.72. The van der Waals surface area contributed by atoms with Gasteiger partial charge in [0.25, 0.3) is 0 Å². The number of nitrogens with zero attached hydrogens (tertiary/aromatic N) is 3. The van der Waals surface area contributed by atoms with Gasteiger partial charge in [0.1, 0.15) is 0 Å². The van der Waals surface area contributed by atoms with Crippen molar-refractivity contribution in [2.75, 3.05) is 11.9 Å². The lowest BCUT2D eigenvalue weighted by Gasteiger charge is -1.99. The average Bonchev–Trinajstić information content (AvgIpc) is 2.95. The fraction of sp³-hybridized carbons (Fsp3) is 0.231. The quantitative estimate of drug-likeness (QED) is 0.782. The summed E-state index contributed by atoms with van der Waals surface area (Å²) in [6, 6.07) is 10.2. The zero-order chi connectivity index (χ0) is 12.4. The third-order valence-corrected chi connectivity index (χ3v) is 3.71. The fourth-order valence-corrected chi connectivity index (χ4v) is 2.73. The maximum absolute atomic E-state index is 4.53. The van der Waals surface area contributed by atoms with Crippen molar-refractivity contribution in [3.63, 3.8) is 0 Å². The van der Waals surface area contributed by atoms with E-state index in [1.807, 2.05) is 42.2 Å². The minimum Gasteiger partial charge on any atom is -0.361 e. The summed E-state index contributed by atoms with van der Waals surface area (Å²) in [5, 5.41) is 8.67. The maximum atomic E-state index is 4.53. The number of hydrogen-bond acceptors (Lipinski definition) is 4. The molecule has 18 heavy (non-hydrogen) atoms. The zero-order valence-corrected chi connectivity index (χ0v) is 10.9. The van der Waals surface area contributed by atoms with Crippen molar-refractivity contribution in [2.24, 2.45) is 7.05 Å². The van der Waals surface area contributed by atoms with E-state index in [2.05, 4.69) is 21.5 Å². The average molecular weight is 258 g/mol. The first-order chi connectivity index (χ1) is 8.81. The summed E-state index contributed by atoms with van der Waals surface area (Å²) in [4.78, 5) is 4.53. The highest BCUT2D eigenvalue weighted by atomic mass is 32.1. The van der Waals surface area contributed by atoms with Gasteiger partial charge in [-0.3, -0.25) is 4.68 Å². The summed E-state index contributed by atoms with van der Waals surface area (Å²) < 4.78 is 3.05. The Hall–Kier alpha value is -1.88. The van der Waals surface area contributed by atoms with Crippen LogP contribution < -0.4 is 5.32 Å². The van der Waals surface area contributed by atoms with Crippen LogP contribution in [0.3, 0.4) is 0 Å². The van der Waals surface area contributed by atoms with E-state index in [9.17, 15) is 0 Å². The van der Waals surface area contributed by atoms with Crippen LogP contribution in [0.5, 0.6) is 0 Å². The van der Waals surface area contributed by atoms with Gasteiger partial charge < -0.3 is 5.32 Å². The molecule has 0 unspecified atom stereocenters. The first-order valence-corrected chi connectivity index (χ1v) is 6.71. The van der Waals surface area contributed by atoms with Crippen LogP contribution in [0.25, 0.3) is 10.2 Å². The van der Waals surface area contributed by atoms with Crippen LogP contribution in [0, 0.1) is 0 Å². The Morgan fingerprint density at radius 2 is 2.17 bits per heavy atom. The number of aryl methyl sites for hydroxylation is 1. The molecule has 0 aliphatic rings. The van der Waals surface area contributed by atoms with E-state index in [1.165, 1.54) is 4.70 Å². The van der Waals surface area contributed by atoms with Gasteiger partial charge in [0.05, 0.1) is 15.9 Å². The molecule has 0 bridgehead atoms. The molecule has 0 atom stereocenters. The van der Waals surface area contributed by atoms with Crippen LogP contribution in [0.1, 0.15) is 5.69 Å². The van der Waals surface area contributed by atoms with Crippen molar-refractivity contribution in [1.82, 2.24) is 14.8 Å². The molecule has 1 aromatic carbocycles. The van der Waals surface area contributed by atoms with Crippen LogP contribution in [0.4, 0.5) is 5.13 Å². The predicted octanol–water partition coefficient (Wildman–Crippen LogP) is 2.68. The van der Waals surface area contributed by atoms with Gasteiger partial charge in [0, 0.05) is 26.2 Å². The van der Waals surface area contributed by atoms with Crippen molar-refractivity contribution in [3.8, 4) is 0 Å². The fourth-order valence-electron chi connectivity index (χ4n) is 1.84. The molecular weight excluding hydrogens is 244 g/mol. The smallest absolute Gasteiger partial charge is 0.183 e. The topological polar surface area (TPSA) is 42.7 Å². The number of anilines is 1. The predicted molar refractivity (Wildman–Crippen MR) is 75.0 cm³/mol. The van der Waals surface area contributed by atoms with Crippen LogP contribution in [0.15, 0.2) is 36.5 Å². The number of hydrogen-bond donors (Lipinski definition) is 1. The Morgan fingerprint density at radius 3 is 2.94 bits per heavy atom. The van der Waals surface area contributed by atoms with Gasteiger partial charge in [0.15, 0.2) is 5.13 Å². The second kappa shape index (κ2) is 4.78. The van der Waals surface area contributed by atoms with Crippen LogP contribution in [0.2, 0.25) is 0 Å². The largest absolute Gasteiger partial charge is 0.361 e. The third kappa shape index (κ3) is 2.36. The Morgan fingerprint density at radius 1 is 1.28 bits per heavy atom. The van der Waals surface area contributed by atoms with Gasteiger partial charge in [-0.1, -0.05) is 23.5 Å². The highest BCUT2D eigenvalue weighted by Gasteiger charge is 2.02. The van der Waals surface area contributed by atoms with Crippen molar-refractivity contribution >= 4 is 26.7 Å². The summed E-state index contributed by atoms with van der Waals surface area (Å²) in [6.07, 6.45) is 2.88. The Kier molecular flexibility index (Phi) is 2.98. The number of rotatable bonds is 4. The van der Waals surface area contributed by atoms with E-state index in [0.29, 0.717) is 0 Å². The summed E-state index contributed by atoms with van der Waals surface area (Å²) in [6.45, 7) is 0.858. The molecule has 0 saturated heterocycles.